The molecule has 0 aromatic heterocycles. The third kappa shape index (κ3) is 2.59. The highest BCUT2D eigenvalue weighted by Crippen LogP contribution is 2.24. The molecular weight excluding hydrogens is 222 g/mol. The molecule has 0 fully saturated rings. The Kier molecular flexibility index (Phi) is 3.78. The maximum atomic E-state index is 10.4. The van der Waals surface area contributed by atoms with Gasteiger partial charge in [-0.05, 0) is 36.1 Å². The molecule has 1 amide bonds. The van der Waals surface area contributed by atoms with Crippen LogP contribution < -0.4 is 5.32 Å². The van der Waals surface area contributed by atoms with Gasteiger partial charge in [-0.1, -0.05) is 48.5 Å². The summed E-state index contributed by atoms with van der Waals surface area (Å²) in [6.07, 6.45) is 0.736. The number of amides is 1. The molecule has 0 heterocycles. The van der Waals surface area contributed by atoms with E-state index in [0.717, 1.165) is 12.0 Å². The van der Waals surface area contributed by atoms with Crippen LogP contribution in [0.2, 0.25) is 0 Å². The number of hydrogen-bond acceptors (Lipinski definition) is 1. The van der Waals surface area contributed by atoms with Crippen LogP contribution in [0.5, 0.6) is 0 Å². The third-order valence-electron chi connectivity index (χ3n) is 3.18. The van der Waals surface area contributed by atoms with Crippen molar-refractivity contribution >= 4 is 6.41 Å². The molecule has 1 atom stereocenters. The van der Waals surface area contributed by atoms with Crippen LogP contribution in [0.15, 0.2) is 48.5 Å². The van der Waals surface area contributed by atoms with E-state index in [1.54, 1.807) is 0 Å². The van der Waals surface area contributed by atoms with Crippen molar-refractivity contribution in [3.8, 4) is 11.1 Å². The van der Waals surface area contributed by atoms with Crippen molar-refractivity contribution < 1.29 is 4.79 Å². The lowest BCUT2D eigenvalue weighted by Crippen LogP contribution is -2.15. The number of nitrogens with one attached hydrogen (secondary N) is 1. The maximum Gasteiger partial charge on any atom is 0.207 e. The first-order chi connectivity index (χ1) is 8.72. The predicted molar refractivity (Wildman–Crippen MR) is 74.2 cm³/mol. The molecule has 2 aromatic rings. The average molecular weight is 239 g/mol. The molecule has 0 saturated heterocycles. The van der Waals surface area contributed by atoms with Crippen molar-refractivity contribution in [1.82, 2.24) is 5.32 Å². The summed E-state index contributed by atoms with van der Waals surface area (Å²) in [4.78, 5) is 10.4. The van der Waals surface area contributed by atoms with Crippen LogP contribution in [-0.4, -0.2) is 6.41 Å². The SMILES string of the molecule is Cc1ccccc1-c1ccc(C(C)NC=O)cc1. The van der Waals surface area contributed by atoms with Gasteiger partial charge in [-0.3, -0.25) is 4.79 Å². The quantitative estimate of drug-likeness (QED) is 0.813. The van der Waals surface area contributed by atoms with Crippen molar-refractivity contribution in [2.45, 2.75) is 19.9 Å². The van der Waals surface area contributed by atoms with Gasteiger partial charge in [-0.15, -0.1) is 0 Å². The van der Waals surface area contributed by atoms with E-state index in [4.69, 9.17) is 0 Å². The Morgan fingerprint density at radius 1 is 1.06 bits per heavy atom. The van der Waals surface area contributed by atoms with Crippen molar-refractivity contribution in [2.24, 2.45) is 0 Å². The fourth-order valence-electron chi connectivity index (χ4n) is 2.05. The summed E-state index contributed by atoms with van der Waals surface area (Å²) < 4.78 is 0. The molecule has 0 aliphatic carbocycles. The van der Waals surface area contributed by atoms with Gasteiger partial charge in [0, 0.05) is 0 Å². The Morgan fingerprint density at radius 2 is 1.72 bits per heavy atom. The zero-order valence-electron chi connectivity index (χ0n) is 10.7. The first-order valence-corrected chi connectivity index (χ1v) is 6.08. The fraction of sp³-hybridized carbons (Fsp3) is 0.188. The van der Waals surface area contributed by atoms with E-state index in [9.17, 15) is 4.79 Å². The van der Waals surface area contributed by atoms with Gasteiger partial charge in [0.1, 0.15) is 0 Å². The zero-order valence-corrected chi connectivity index (χ0v) is 10.7. The smallest absolute Gasteiger partial charge is 0.207 e. The Hall–Kier alpha value is -2.09. The number of carbonyl (C=O) groups excluding carboxylic acids is 1. The standard InChI is InChI=1S/C16H17NO/c1-12-5-3-4-6-16(12)15-9-7-14(8-10-15)13(2)17-11-18/h3-11,13H,1-2H3,(H,17,18). The molecule has 0 radical (unpaired) electrons. The zero-order chi connectivity index (χ0) is 13.0. The highest BCUT2D eigenvalue weighted by molar-refractivity contribution is 5.67. The summed E-state index contributed by atoms with van der Waals surface area (Å²) in [7, 11) is 0. The molecule has 2 aromatic carbocycles. The van der Waals surface area contributed by atoms with Crippen molar-refractivity contribution in [2.75, 3.05) is 0 Å². The summed E-state index contributed by atoms with van der Waals surface area (Å²) in [5.74, 6) is 0. The second-order valence-corrected chi connectivity index (χ2v) is 4.44. The Bertz CT molecular complexity index is 531. The normalized spacial score (nSPS) is 11.9. The minimum absolute atomic E-state index is 0.0495. The Labute approximate surface area is 108 Å². The molecule has 1 unspecified atom stereocenters. The van der Waals surface area contributed by atoms with E-state index in [-0.39, 0.29) is 6.04 Å². The largest absolute Gasteiger partial charge is 0.352 e. The maximum absolute atomic E-state index is 10.4. The number of benzene rings is 2. The topological polar surface area (TPSA) is 29.1 Å². The molecule has 2 heteroatoms. The van der Waals surface area contributed by atoms with Gasteiger partial charge in [-0.25, -0.2) is 0 Å². The van der Waals surface area contributed by atoms with Gasteiger partial charge >= 0.3 is 0 Å². The molecule has 0 aliphatic heterocycles. The lowest BCUT2D eigenvalue weighted by molar-refractivity contribution is -0.110. The second kappa shape index (κ2) is 5.50. The summed E-state index contributed by atoms with van der Waals surface area (Å²) in [6.45, 7) is 4.08. The molecule has 2 nitrogen and oxygen atoms in total. The lowest BCUT2D eigenvalue weighted by Gasteiger charge is -2.12. The Morgan fingerprint density at radius 3 is 2.33 bits per heavy atom. The molecule has 1 N–H and O–H groups in total. The minimum Gasteiger partial charge on any atom is -0.352 e. The number of rotatable bonds is 4. The second-order valence-electron chi connectivity index (χ2n) is 4.44. The molecule has 0 spiro atoms. The van der Waals surface area contributed by atoms with Crippen LogP contribution in [0.4, 0.5) is 0 Å². The summed E-state index contributed by atoms with van der Waals surface area (Å²) in [5, 5.41) is 2.75. The van der Waals surface area contributed by atoms with Gasteiger partial charge in [0.2, 0.25) is 6.41 Å². The molecule has 92 valence electrons. The predicted octanol–water partition coefficient (Wildman–Crippen LogP) is 3.47. The highest BCUT2D eigenvalue weighted by Gasteiger charge is 2.05. The van der Waals surface area contributed by atoms with Crippen LogP contribution in [0.3, 0.4) is 0 Å². The van der Waals surface area contributed by atoms with Crippen molar-refractivity contribution in [3.05, 3.63) is 59.7 Å². The minimum atomic E-state index is 0.0495. The van der Waals surface area contributed by atoms with Crippen LogP contribution in [0, 0.1) is 6.92 Å². The van der Waals surface area contributed by atoms with Crippen molar-refractivity contribution in [1.29, 1.82) is 0 Å². The van der Waals surface area contributed by atoms with Gasteiger partial charge in [0.25, 0.3) is 0 Å². The van der Waals surface area contributed by atoms with E-state index in [0.29, 0.717) is 0 Å². The number of aryl methyl sites for hydroxylation is 1. The van der Waals surface area contributed by atoms with Crippen molar-refractivity contribution in [3.63, 3.8) is 0 Å². The summed E-state index contributed by atoms with van der Waals surface area (Å²) >= 11 is 0. The van der Waals surface area contributed by atoms with Crippen LogP contribution >= 0.6 is 0 Å². The van der Waals surface area contributed by atoms with E-state index in [1.165, 1.54) is 16.7 Å². The van der Waals surface area contributed by atoms with Gasteiger partial charge in [0.05, 0.1) is 6.04 Å². The average Bonchev–Trinajstić information content (AvgIpc) is 2.40. The number of carbonyl (C=O) groups is 1. The first kappa shape index (κ1) is 12.4. The molecule has 2 rings (SSSR count). The van der Waals surface area contributed by atoms with Crippen LogP contribution in [0.1, 0.15) is 24.1 Å². The molecule has 18 heavy (non-hydrogen) atoms. The van der Waals surface area contributed by atoms with Gasteiger partial charge < -0.3 is 5.32 Å². The molecule has 0 saturated carbocycles. The Balaban J connectivity index is 2.28. The van der Waals surface area contributed by atoms with E-state index < -0.39 is 0 Å². The van der Waals surface area contributed by atoms with Crippen LogP contribution in [0.25, 0.3) is 11.1 Å². The van der Waals surface area contributed by atoms with Gasteiger partial charge in [-0.2, -0.15) is 0 Å². The summed E-state index contributed by atoms with van der Waals surface area (Å²) in [5.41, 5.74) is 4.83. The first-order valence-electron chi connectivity index (χ1n) is 6.08. The highest BCUT2D eigenvalue weighted by atomic mass is 16.1. The molecule has 0 aliphatic rings. The molecule has 0 bridgehead atoms. The molecular formula is C16H17NO. The monoisotopic (exact) mass is 239 g/mol. The van der Waals surface area contributed by atoms with E-state index >= 15 is 0 Å². The summed E-state index contributed by atoms with van der Waals surface area (Å²) in [6, 6.07) is 16.7. The number of hydrogen-bond donors (Lipinski definition) is 1. The van der Waals surface area contributed by atoms with Gasteiger partial charge in [0.15, 0.2) is 0 Å². The third-order valence-corrected chi connectivity index (χ3v) is 3.18. The van der Waals surface area contributed by atoms with E-state index in [2.05, 4.69) is 48.6 Å². The van der Waals surface area contributed by atoms with E-state index in [1.807, 2.05) is 19.1 Å². The fourth-order valence-corrected chi connectivity index (χ4v) is 2.05. The van der Waals surface area contributed by atoms with Crippen LogP contribution in [-0.2, 0) is 4.79 Å². The lowest BCUT2D eigenvalue weighted by atomic mass is 9.98.